The molecule has 0 aromatic heterocycles. The van der Waals surface area contributed by atoms with Crippen molar-refractivity contribution in [1.82, 2.24) is 10.9 Å². The minimum absolute atomic E-state index is 0.0620. The second-order valence-electron chi connectivity index (χ2n) is 5.97. The minimum atomic E-state index is -0.453. The summed E-state index contributed by atoms with van der Waals surface area (Å²) in [6.07, 6.45) is 0.930. The van der Waals surface area contributed by atoms with Gasteiger partial charge in [-0.25, -0.2) is 0 Å². The van der Waals surface area contributed by atoms with Gasteiger partial charge in [-0.1, -0.05) is 30.7 Å². The van der Waals surface area contributed by atoms with Gasteiger partial charge < -0.3 is 9.47 Å². The summed E-state index contributed by atoms with van der Waals surface area (Å²) in [5.41, 5.74) is 6.19. The van der Waals surface area contributed by atoms with Gasteiger partial charge >= 0.3 is 0 Å². The maximum absolute atomic E-state index is 12.1. The van der Waals surface area contributed by atoms with Crippen molar-refractivity contribution in [3.8, 4) is 11.5 Å². The predicted molar refractivity (Wildman–Crippen MR) is 99.1 cm³/mol. The summed E-state index contributed by atoms with van der Waals surface area (Å²) < 4.78 is 11.0. The lowest BCUT2D eigenvalue weighted by Crippen LogP contribution is -2.43. The Labute approximate surface area is 153 Å². The van der Waals surface area contributed by atoms with Crippen molar-refractivity contribution in [2.75, 3.05) is 6.61 Å². The number of nitrogens with one attached hydrogen (secondary N) is 2. The third-order valence-electron chi connectivity index (χ3n) is 3.71. The molecule has 0 saturated heterocycles. The number of carbonyl (C=O) groups is 2. The van der Waals surface area contributed by atoms with E-state index in [4.69, 9.17) is 9.47 Å². The monoisotopic (exact) mass is 356 g/mol. The Balaban J connectivity index is 1.81. The van der Waals surface area contributed by atoms with Crippen LogP contribution in [0.4, 0.5) is 0 Å². The summed E-state index contributed by atoms with van der Waals surface area (Å²) in [6, 6.07) is 14.1. The quantitative estimate of drug-likeness (QED) is 0.748. The molecule has 1 atom stereocenters. The van der Waals surface area contributed by atoms with Crippen molar-refractivity contribution in [1.29, 1.82) is 0 Å². The van der Waals surface area contributed by atoms with Gasteiger partial charge in [-0.3, -0.25) is 20.4 Å². The van der Waals surface area contributed by atoms with Crippen molar-refractivity contribution < 1.29 is 19.1 Å². The Kier molecular flexibility index (Phi) is 7.02. The zero-order valence-corrected chi connectivity index (χ0v) is 15.2. The van der Waals surface area contributed by atoms with E-state index in [1.54, 1.807) is 36.4 Å². The van der Waals surface area contributed by atoms with Crippen LogP contribution in [0.3, 0.4) is 0 Å². The second kappa shape index (κ2) is 9.46. The van der Waals surface area contributed by atoms with E-state index < -0.39 is 11.8 Å². The standard InChI is InChI=1S/C20H24N2O4/c1-4-15(3)26-18-7-5-6-16(12-18)20(24)22-21-19(23)13-25-17-10-8-14(2)9-11-17/h5-12,15H,4,13H2,1-3H3,(H,21,23)(H,22,24). The van der Waals surface area contributed by atoms with Gasteiger partial charge in [-0.2, -0.15) is 0 Å². The summed E-state index contributed by atoms with van der Waals surface area (Å²) in [5.74, 6) is 0.322. The molecule has 0 spiro atoms. The number of rotatable bonds is 7. The number of benzene rings is 2. The van der Waals surface area contributed by atoms with Crippen LogP contribution in [0.5, 0.6) is 11.5 Å². The smallest absolute Gasteiger partial charge is 0.276 e. The molecule has 0 aliphatic heterocycles. The molecule has 1 unspecified atom stereocenters. The average molecular weight is 356 g/mol. The van der Waals surface area contributed by atoms with E-state index in [1.807, 2.05) is 32.9 Å². The SMILES string of the molecule is CCC(C)Oc1cccc(C(=O)NNC(=O)COc2ccc(C)cc2)c1. The van der Waals surface area contributed by atoms with Crippen molar-refractivity contribution in [2.24, 2.45) is 0 Å². The zero-order valence-electron chi connectivity index (χ0n) is 15.2. The highest BCUT2D eigenvalue weighted by molar-refractivity contribution is 5.95. The maximum atomic E-state index is 12.1. The molecule has 2 aromatic rings. The van der Waals surface area contributed by atoms with E-state index in [2.05, 4.69) is 10.9 Å². The fourth-order valence-corrected chi connectivity index (χ4v) is 2.04. The van der Waals surface area contributed by atoms with E-state index in [1.165, 1.54) is 0 Å². The lowest BCUT2D eigenvalue weighted by Gasteiger charge is -2.13. The number of carbonyl (C=O) groups excluding carboxylic acids is 2. The molecule has 138 valence electrons. The molecule has 2 rings (SSSR count). The maximum Gasteiger partial charge on any atom is 0.276 e. The number of aryl methyl sites for hydroxylation is 1. The molecule has 6 nitrogen and oxygen atoms in total. The molecule has 0 saturated carbocycles. The van der Waals surface area contributed by atoms with Crippen LogP contribution in [0, 0.1) is 6.92 Å². The van der Waals surface area contributed by atoms with Gasteiger partial charge in [0.15, 0.2) is 6.61 Å². The Bertz CT molecular complexity index is 744. The molecule has 2 aromatic carbocycles. The van der Waals surface area contributed by atoms with Crippen LogP contribution in [0.15, 0.2) is 48.5 Å². The number of ether oxygens (including phenoxy) is 2. The first-order chi connectivity index (χ1) is 12.5. The molecule has 0 aliphatic rings. The largest absolute Gasteiger partial charge is 0.491 e. The van der Waals surface area contributed by atoms with Crippen LogP contribution in [0.1, 0.15) is 36.2 Å². The third kappa shape index (κ3) is 6.12. The van der Waals surface area contributed by atoms with Crippen molar-refractivity contribution in [3.05, 3.63) is 59.7 Å². The van der Waals surface area contributed by atoms with Crippen LogP contribution in [-0.4, -0.2) is 24.5 Å². The Morgan fingerprint density at radius 1 is 1.04 bits per heavy atom. The summed E-state index contributed by atoms with van der Waals surface area (Å²) in [7, 11) is 0. The lowest BCUT2D eigenvalue weighted by molar-refractivity contribution is -0.123. The summed E-state index contributed by atoms with van der Waals surface area (Å²) in [4.78, 5) is 23.9. The van der Waals surface area contributed by atoms with Gasteiger partial charge in [0, 0.05) is 5.56 Å². The third-order valence-corrected chi connectivity index (χ3v) is 3.71. The molecular weight excluding hydrogens is 332 g/mol. The van der Waals surface area contributed by atoms with E-state index in [9.17, 15) is 9.59 Å². The summed E-state index contributed by atoms with van der Waals surface area (Å²) >= 11 is 0. The van der Waals surface area contributed by atoms with Crippen LogP contribution < -0.4 is 20.3 Å². The normalized spacial score (nSPS) is 11.3. The number of hydrogen-bond donors (Lipinski definition) is 2. The van der Waals surface area contributed by atoms with E-state index >= 15 is 0 Å². The van der Waals surface area contributed by atoms with Gasteiger partial charge in [0.1, 0.15) is 11.5 Å². The second-order valence-corrected chi connectivity index (χ2v) is 5.97. The summed E-state index contributed by atoms with van der Waals surface area (Å²) in [6.45, 7) is 5.76. The zero-order chi connectivity index (χ0) is 18.9. The molecule has 0 aliphatic carbocycles. The number of hydrogen-bond acceptors (Lipinski definition) is 4. The lowest BCUT2D eigenvalue weighted by atomic mass is 10.2. The fourth-order valence-electron chi connectivity index (χ4n) is 2.04. The molecule has 0 heterocycles. The Morgan fingerprint density at radius 2 is 1.77 bits per heavy atom. The van der Waals surface area contributed by atoms with E-state index in [0.717, 1.165) is 12.0 Å². The molecule has 2 N–H and O–H groups in total. The average Bonchev–Trinajstić information content (AvgIpc) is 2.65. The number of amides is 2. The van der Waals surface area contributed by atoms with Crippen LogP contribution in [-0.2, 0) is 4.79 Å². The minimum Gasteiger partial charge on any atom is -0.491 e. The van der Waals surface area contributed by atoms with Gasteiger partial charge in [0.25, 0.3) is 11.8 Å². The van der Waals surface area contributed by atoms with Gasteiger partial charge in [0.2, 0.25) is 0 Å². The van der Waals surface area contributed by atoms with Crippen molar-refractivity contribution in [2.45, 2.75) is 33.3 Å². The first-order valence-corrected chi connectivity index (χ1v) is 8.53. The Morgan fingerprint density at radius 3 is 2.46 bits per heavy atom. The first kappa shape index (κ1) is 19.3. The molecule has 0 fully saturated rings. The first-order valence-electron chi connectivity index (χ1n) is 8.53. The molecular formula is C20H24N2O4. The van der Waals surface area contributed by atoms with Crippen LogP contribution in [0.2, 0.25) is 0 Å². The molecule has 0 bridgehead atoms. The topological polar surface area (TPSA) is 76.7 Å². The van der Waals surface area contributed by atoms with Gasteiger partial charge in [-0.05, 0) is 50.6 Å². The molecule has 6 heteroatoms. The van der Waals surface area contributed by atoms with Crippen LogP contribution >= 0.6 is 0 Å². The van der Waals surface area contributed by atoms with Gasteiger partial charge in [-0.15, -0.1) is 0 Å². The van der Waals surface area contributed by atoms with E-state index in [0.29, 0.717) is 17.1 Å². The van der Waals surface area contributed by atoms with Crippen LogP contribution in [0.25, 0.3) is 0 Å². The molecule has 0 radical (unpaired) electrons. The van der Waals surface area contributed by atoms with Gasteiger partial charge in [0.05, 0.1) is 6.10 Å². The summed E-state index contributed by atoms with van der Waals surface area (Å²) in [5, 5.41) is 0. The highest BCUT2D eigenvalue weighted by Gasteiger charge is 2.10. The highest BCUT2D eigenvalue weighted by atomic mass is 16.5. The number of hydrazine groups is 1. The molecule has 26 heavy (non-hydrogen) atoms. The van der Waals surface area contributed by atoms with Crippen molar-refractivity contribution in [3.63, 3.8) is 0 Å². The predicted octanol–water partition coefficient (Wildman–Crippen LogP) is 3.01. The Hall–Kier alpha value is -3.02. The molecule has 2 amide bonds. The fraction of sp³-hybridized carbons (Fsp3) is 0.300. The van der Waals surface area contributed by atoms with E-state index in [-0.39, 0.29) is 12.7 Å². The van der Waals surface area contributed by atoms with Crippen molar-refractivity contribution >= 4 is 11.8 Å². The highest BCUT2D eigenvalue weighted by Crippen LogP contribution is 2.15.